The van der Waals surface area contributed by atoms with E-state index in [9.17, 15) is 22.8 Å². The van der Waals surface area contributed by atoms with Crippen LogP contribution in [0.3, 0.4) is 0 Å². The van der Waals surface area contributed by atoms with Crippen molar-refractivity contribution in [1.29, 1.82) is 0 Å². The maximum atomic E-state index is 13.6. The summed E-state index contributed by atoms with van der Waals surface area (Å²) in [6.07, 6.45) is -2.65. The molecule has 1 fully saturated rings. The highest BCUT2D eigenvalue weighted by Gasteiger charge is 2.34. The van der Waals surface area contributed by atoms with Crippen molar-refractivity contribution in [2.75, 3.05) is 44.7 Å². The summed E-state index contributed by atoms with van der Waals surface area (Å²) in [4.78, 5) is 31.6. The molecule has 0 spiro atoms. The summed E-state index contributed by atoms with van der Waals surface area (Å²) in [5.74, 6) is -1.18. The Morgan fingerprint density at radius 3 is 2.35 bits per heavy atom. The van der Waals surface area contributed by atoms with Gasteiger partial charge in [-0.1, -0.05) is 54.6 Å². The minimum absolute atomic E-state index is 0.0434. The number of fused-ring (bicyclic) bond motifs is 1. The zero-order chi connectivity index (χ0) is 28.3. The van der Waals surface area contributed by atoms with E-state index >= 15 is 0 Å². The molecular weight excluding hydrogens is 523 g/mol. The number of likely N-dealkylation sites (tertiary alicyclic amines) is 1. The summed E-state index contributed by atoms with van der Waals surface area (Å²) in [5, 5.41) is 0. The number of benzene rings is 3. The van der Waals surface area contributed by atoms with Crippen LogP contribution in [-0.2, 0) is 9.59 Å². The van der Waals surface area contributed by atoms with E-state index in [1.807, 2.05) is 54.6 Å². The number of alkyl halides is 3. The van der Waals surface area contributed by atoms with E-state index in [1.165, 1.54) is 11.0 Å². The number of carbonyl (C=O) groups is 2. The molecule has 2 amide bonds. The average Bonchev–Trinajstić information content (AvgIpc) is 3.46. The number of hydrogen-bond donors (Lipinski definition) is 0. The van der Waals surface area contributed by atoms with Crippen LogP contribution < -0.4 is 14.4 Å². The maximum absolute atomic E-state index is 13.6. The number of rotatable bonds is 8. The van der Waals surface area contributed by atoms with E-state index in [2.05, 4.69) is 9.64 Å². The van der Waals surface area contributed by atoms with Gasteiger partial charge in [-0.25, -0.2) is 0 Å². The maximum Gasteiger partial charge on any atom is 0.573 e. The lowest BCUT2D eigenvalue weighted by atomic mass is 9.99. The van der Waals surface area contributed by atoms with E-state index in [0.717, 1.165) is 54.8 Å². The number of anilines is 1. The lowest BCUT2D eigenvalue weighted by Gasteiger charge is -2.35. The highest BCUT2D eigenvalue weighted by Crippen LogP contribution is 2.37. The van der Waals surface area contributed by atoms with Crippen LogP contribution >= 0.6 is 0 Å². The number of likely N-dealkylation sites (N-methyl/N-ethyl adjacent to an activating group) is 1. The van der Waals surface area contributed by atoms with Crippen molar-refractivity contribution in [1.82, 2.24) is 9.80 Å². The van der Waals surface area contributed by atoms with Gasteiger partial charge in [0.15, 0.2) is 6.61 Å². The van der Waals surface area contributed by atoms with Crippen molar-refractivity contribution in [2.24, 2.45) is 0 Å². The van der Waals surface area contributed by atoms with Crippen LogP contribution in [0.5, 0.6) is 11.5 Å². The number of hydrogen-bond acceptors (Lipinski definition) is 5. The largest absolute Gasteiger partial charge is 0.573 e. The zero-order valence-corrected chi connectivity index (χ0v) is 22.1. The molecule has 5 rings (SSSR count). The molecule has 1 unspecified atom stereocenters. The average molecular weight is 554 g/mol. The van der Waals surface area contributed by atoms with Gasteiger partial charge in [0.2, 0.25) is 5.91 Å². The van der Waals surface area contributed by atoms with Gasteiger partial charge in [-0.2, -0.15) is 0 Å². The summed E-state index contributed by atoms with van der Waals surface area (Å²) in [7, 11) is 1.72. The molecule has 7 nitrogen and oxygen atoms in total. The van der Waals surface area contributed by atoms with Gasteiger partial charge in [0.1, 0.15) is 18.0 Å². The molecule has 210 valence electrons. The summed E-state index contributed by atoms with van der Waals surface area (Å²) >= 11 is 0. The Labute approximate surface area is 230 Å². The summed E-state index contributed by atoms with van der Waals surface area (Å²) in [6.45, 7) is 1.90. The third-order valence-corrected chi connectivity index (χ3v) is 7.29. The molecule has 0 aromatic heterocycles. The van der Waals surface area contributed by atoms with E-state index < -0.39 is 24.6 Å². The van der Waals surface area contributed by atoms with Gasteiger partial charge >= 0.3 is 6.36 Å². The van der Waals surface area contributed by atoms with Gasteiger partial charge < -0.3 is 19.3 Å². The van der Waals surface area contributed by atoms with Crippen LogP contribution in [0.4, 0.5) is 18.9 Å². The second-order valence-corrected chi connectivity index (χ2v) is 9.96. The SMILES string of the molecule is CN(C(=O)CN1C(=O)COc2cc(OC(F)(F)F)ccc21)C(CN1CCCC1)c1ccc(-c2ccccc2)cc1. The molecule has 3 aromatic rings. The summed E-state index contributed by atoms with van der Waals surface area (Å²) in [6, 6.07) is 21.4. The Morgan fingerprint density at radius 1 is 1.00 bits per heavy atom. The molecule has 0 saturated carbocycles. The molecule has 0 bridgehead atoms. The highest BCUT2D eigenvalue weighted by atomic mass is 19.4. The van der Waals surface area contributed by atoms with E-state index in [4.69, 9.17) is 4.74 Å². The second kappa shape index (κ2) is 11.6. The normalized spacial score (nSPS) is 16.3. The van der Waals surface area contributed by atoms with Crippen LogP contribution in [0, 0.1) is 0 Å². The van der Waals surface area contributed by atoms with Gasteiger partial charge in [-0.05, 0) is 54.8 Å². The molecule has 10 heteroatoms. The monoisotopic (exact) mass is 553 g/mol. The van der Waals surface area contributed by atoms with Crippen LogP contribution in [0.1, 0.15) is 24.4 Å². The lowest BCUT2D eigenvalue weighted by Crippen LogP contribution is -2.47. The van der Waals surface area contributed by atoms with Crippen molar-refractivity contribution < 1.29 is 32.2 Å². The predicted octanol–water partition coefficient (Wildman–Crippen LogP) is 5.27. The first-order chi connectivity index (χ1) is 19.2. The number of halogens is 3. The van der Waals surface area contributed by atoms with Crippen molar-refractivity contribution in [3.05, 3.63) is 78.4 Å². The topological polar surface area (TPSA) is 62.3 Å². The number of amides is 2. The van der Waals surface area contributed by atoms with Crippen molar-refractivity contribution in [3.63, 3.8) is 0 Å². The van der Waals surface area contributed by atoms with Gasteiger partial charge in [0.05, 0.1) is 11.7 Å². The first-order valence-corrected chi connectivity index (χ1v) is 13.1. The smallest absolute Gasteiger partial charge is 0.481 e. The van der Waals surface area contributed by atoms with Gasteiger partial charge in [-0.3, -0.25) is 14.5 Å². The molecule has 1 saturated heterocycles. The van der Waals surface area contributed by atoms with E-state index in [-0.39, 0.29) is 29.9 Å². The Morgan fingerprint density at radius 2 is 1.68 bits per heavy atom. The minimum Gasteiger partial charge on any atom is -0.481 e. The van der Waals surface area contributed by atoms with Crippen LogP contribution in [0.2, 0.25) is 0 Å². The number of nitrogens with zero attached hydrogens (tertiary/aromatic N) is 3. The third kappa shape index (κ3) is 6.39. The highest BCUT2D eigenvalue weighted by molar-refractivity contribution is 6.02. The fraction of sp³-hybridized carbons (Fsp3) is 0.333. The molecule has 1 atom stereocenters. The molecule has 0 aliphatic carbocycles. The van der Waals surface area contributed by atoms with Crippen LogP contribution in [0.25, 0.3) is 11.1 Å². The molecule has 40 heavy (non-hydrogen) atoms. The van der Waals surface area contributed by atoms with Crippen LogP contribution in [0.15, 0.2) is 72.8 Å². The van der Waals surface area contributed by atoms with Crippen molar-refractivity contribution in [2.45, 2.75) is 25.2 Å². The molecule has 3 aromatic carbocycles. The molecule has 0 N–H and O–H groups in total. The molecule has 2 heterocycles. The molecule has 0 radical (unpaired) electrons. The van der Waals surface area contributed by atoms with Crippen molar-refractivity contribution in [3.8, 4) is 22.6 Å². The summed E-state index contributed by atoms with van der Waals surface area (Å²) < 4.78 is 47.3. The lowest BCUT2D eigenvalue weighted by molar-refractivity contribution is -0.274. The fourth-order valence-corrected chi connectivity index (χ4v) is 5.17. The second-order valence-electron chi connectivity index (χ2n) is 9.96. The zero-order valence-electron chi connectivity index (χ0n) is 22.1. The Balaban J connectivity index is 1.36. The van der Waals surface area contributed by atoms with Crippen LogP contribution in [-0.4, -0.2) is 67.8 Å². The molecular formula is C30H30F3N3O4. The first kappa shape index (κ1) is 27.5. The quantitative estimate of drug-likeness (QED) is 0.380. The fourth-order valence-electron chi connectivity index (χ4n) is 5.17. The number of ether oxygens (including phenoxy) is 2. The van der Waals surface area contributed by atoms with E-state index in [1.54, 1.807) is 11.9 Å². The Bertz CT molecular complexity index is 1340. The Hall–Kier alpha value is -4.05. The first-order valence-electron chi connectivity index (χ1n) is 13.1. The van der Waals surface area contributed by atoms with Gasteiger partial charge in [0.25, 0.3) is 5.91 Å². The minimum atomic E-state index is -4.86. The van der Waals surface area contributed by atoms with E-state index in [0.29, 0.717) is 6.54 Å². The molecule has 2 aliphatic heterocycles. The molecule has 2 aliphatic rings. The predicted molar refractivity (Wildman–Crippen MR) is 144 cm³/mol. The third-order valence-electron chi connectivity index (χ3n) is 7.29. The standard InChI is InChI=1S/C30H30F3N3O4/c1-34(28(37)19-36-25-14-13-24(40-30(31,32)33)17-27(25)39-20-29(36)38)26(18-35-15-5-6-16-35)23-11-9-22(10-12-23)21-7-3-2-4-8-21/h2-4,7-14,17,26H,5-6,15-16,18-20H2,1H3. The summed E-state index contributed by atoms with van der Waals surface area (Å²) in [5.41, 5.74) is 3.37. The van der Waals surface area contributed by atoms with Crippen molar-refractivity contribution >= 4 is 17.5 Å². The Kier molecular flexibility index (Phi) is 7.97. The number of carbonyl (C=O) groups excluding carboxylic acids is 2. The van der Waals surface area contributed by atoms with Gasteiger partial charge in [-0.15, -0.1) is 13.2 Å². The van der Waals surface area contributed by atoms with Gasteiger partial charge in [0, 0.05) is 19.7 Å².